The summed E-state index contributed by atoms with van der Waals surface area (Å²) in [6.45, 7) is 1.55. The van der Waals surface area contributed by atoms with E-state index < -0.39 is 4.92 Å². The van der Waals surface area contributed by atoms with Crippen molar-refractivity contribution in [1.82, 2.24) is 10.2 Å². The van der Waals surface area contributed by atoms with E-state index in [-0.39, 0.29) is 24.0 Å². The van der Waals surface area contributed by atoms with Gasteiger partial charge in [-0.3, -0.25) is 19.7 Å². The normalized spacial score (nSPS) is 13.8. The lowest BCUT2D eigenvalue weighted by Gasteiger charge is -2.26. The molecule has 140 valence electrons. The van der Waals surface area contributed by atoms with E-state index >= 15 is 0 Å². The Morgan fingerprint density at radius 2 is 2.00 bits per heavy atom. The molecule has 2 aromatic rings. The number of nitrogens with one attached hydrogen (secondary N) is 2. The Balaban J connectivity index is 1.61. The number of rotatable bonds is 5. The van der Waals surface area contributed by atoms with Crippen molar-refractivity contribution in [3.63, 3.8) is 0 Å². The Kier molecular flexibility index (Phi) is 5.70. The fourth-order valence-electron chi connectivity index (χ4n) is 2.72. The summed E-state index contributed by atoms with van der Waals surface area (Å²) >= 11 is 3.32. The largest absolute Gasteiger partial charge is 0.380 e. The molecule has 0 radical (unpaired) electrons. The van der Waals surface area contributed by atoms with Gasteiger partial charge in [-0.1, -0.05) is 12.1 Å². The van der Waals surface area contributed by atoms with Gasteiger partial charge in [-0.05, 0) is 39.7 Å². The van der Waals surface area contributed by atoms with Gasteiger partial charge in [0, 0.05) is 47.5 Å². The van der Waals surface area contributed by atoms with Crippen LogP contribution in [0, 0.1) is 10.1 Å². The molecule has 1 fully saturated rings. The molecule has 0 aliphatic carbocycles. The lowest BCUT2D eigenvalue weighted by atomic mass is 10.1. The summed E-state index contributed by atoms with van der Waals surface area (Å²) in [5.41, 5.74) is 2.24. The van der Waals surface area contributed by atoms with E-state index in [0.717, 1.165) is 11.3 Å². The van der Waals surface area contributed by atoms with E-state index in [9.17, 15) is 19.7 Å². The quantitative estimate of drug-likeness (QED) is 0.557. The van der Waals surface area contributed by atoms with Crippen LogP contribution >= 0.6 is 15.9 Å². The van der Waals surface area contributed by atoms with E-state index in [1.54, 1.807) is 18.2 Å². The molecule has 9 heteroatoms. The van der Waals surface area contributed by atoms with Crippen LogP contribution in [-0.4, -0.2) is 41.3 Å². The van der Waals surface area contributed by atoms with Gasteiger partial charge in [0.15, 0.2) is 0 Å². The summed E-state index contributed by atoms with van der Waals surface area (Å²) in [4.78, 5) is 35.7. The number of non-ortho nitro benzene ring substituents is 1. The van der Waals surface area contributed by atoms with Crippen molar-refractivity contribution in [2.45, 2.75) is 6.54 Å². The number of nitrogens with zero attached hydrogens (tertiary/aromatic N) is 2. The van der Waals surface area contributed by atoms with E-state index in [4.69, 9.17) is 0 Å². The third kappa shape index (κ3) is 4.62. The Morgan fingerprint density at radius 1 is 1.26 bits per heavy atom. The molecule has 1 aliphatic heterocycles. The highest BCUT2D eigenvalue weighted by atomic mass is 79.9. The fourth-order valence-corrected chi connectivity index (χ4v) is 3.22. The van der Waals surface area contributed by atoms with Crippen molar-refractivity contribution in [3.8, 4) is 0 Å². The van der Waals surface area contributed by atoms with E-state index in [0.29, 0.717) is 29.7 Å². The van der Waals surface area contributed by atoms with Gasteiger partial charge >= 0.3 is 0 Å². The van der Waals surface area contributed by atoms with Crippen molar-refractivity contribution in [2.24, 2.45) is 0 Å². The second-order valence-electron chi connectivity index (χ2n) is 6.05. The van der Waals surface area contributed by atoms with E-state index in [1.807, 2.05) is 12.1 Å². The maximum atomic E-state index is 12.4. The predicted octanol–water partition coefficient (Wildman–Crippen LogP) is 2.54. The Morgan fingerprint density at radius 3 is 2.63 bits per heavy atom. The molecule has 0 saturated carbocycles. The highest BCUT2D eigenvalue weighted by Crippen LogP contribution is 2.27. The average molecular weight is 433 g/mol. The van der Waals surface area contributed by atoms with E-state index in [1.165, 1.54) is 17.0 Å². The summed E-state index contributed by atoms with van der Waals surface area (Å²) in [6.07, 6.45) is 0. The summed E-state index contributed by atoms with van der Waals surface area (Å²) in [5.74, 6) is -0.313. The molecule has 3 rings (SSSR count). The number of piperazine rings is 1. The Labute approximate surface area is 163 Å². The number of carbonyl (C=O) groups excluding carboxylic acids is 2. The second-order valence-corrected chi connectivity index (χ2v) is 6.90. The molecule has 0 aromatic heterocycles. The molecule has 1 heterocycles. The van der Waals surface area contributed by atoms with Crippen molar-refractivity contribution in [3.05, 3.63) is 68.2 Å². The average Bonchev–Trinajstić information content (AvgIpc) is 2.66. The zero-order valence-corrected chi connectivity index (χ0v) is 15.9. The molecule has 2 amide bonds. The summed E-state index contributed by atoms with van der Waals surface area (Å²) in [6, 6.07) is 11.7. The number of benzene rings is 2. The predicted molar refractivity (Wildman–Crippen MR) is 103 cm³/mol. The molecule has 0 atom stereocenters. The second kappa shape index (κ2) is 8.17. The lowest BCUT2D eigenvalue weighted by Crippen LogP contribution is -2.49. The molecule has 0 unspecified atom stereocenters. The number of hydrogen-bond acceptors (Lipinski definition) is 5. The van der Waals surface area contributed by atoms with Crippen LogP contribution in [0.1, 0.15) is 15.9 Å². The molecule has 2 N–H and O–H groups in total. The molecule has 27 heavy (non-hydrogen) atoms. The molecular weight excluding hydrogens is 416 g/mol. The van der Waals surface area contributed by atoms with Gasteiger partial charge in [0.05, 0.1) is 11.5 Å². The monoisotopic (exact) mass is 432 g/mol. The first-order valence-corrected chi connectivity index (χ1v) is 9.06. The van der Waals surface area contributed by atoms with Gasteiger partial charge < -0.3 is 15.5 Å². The van der Waals surface area contributed by atoms with Gasteiger partial charge in [-0.2, -0.15) is 0 Å². The third-order valence-corrected chi connectivity index (χ3v) is 4.83. The van der Waals surface area contributed by atoms with Gasteiger partial charge in [0.25, 0.3) is 11.6 Å². The summed E-state index contributed by atoms with van der Waals surface area (Å²) in [5, 5.41) is 16.7. The van der Waals surface area contributed by atoms with Gasteiger partial charge in [0.1, 0.15) is 0 Å². The van der Waals surface area contributed by atoms with Gasteiger partial charge in [-0.25, -0.2) is 0 Å². The zero-order chi connectivity index (χ0) is 19.4. The van der Waals surface area contributed by atoms with Crippen LogP contribution in [0.2, 0.25) is 0 Å². The summed E-state index contributed by atoms with van der Waals surface area (Å²) < 4.78 is 0.604. The number of nitro groups is 1. The van der Waals surface area contributed by atoms with Crippen LogP contribution in [0.4, 0.5) is 11.4 Å². The van der Waals surface area contributed by atoms with Gasteiger partial charge in [-0.15, -0.1) is 0 Å². The topological polar surface area (TPSA) is 105 Å². The Bertz CT molecular complexity index is 885. The molecule has 2 aromatic carbocycles. The number of hydrogen-bond donors (Lipinski definition) is 2. The molecule has 0 bridgehead atoms. The SMILES string of the molecule is O=C1CN(C(=O)c2ccc(CNc3ccc([N+](=O)[O-])cc3Br)cc2)CCN1. The third-order valence-electron chi connectivity index (χ3n) is 4.17. The first kappa shape index (κ1) is 18.8. The summed E-state index contributed by atoms with van der Waals surface area (Å²) in [7, 11) is 0. The van der Waals surface area contributed by atoms with Crippen molar-refractivity contribution < 1.29 is 14.5 Å². The zero-order valence-electron chi connectivity index (χ0n) is 14.3. The minimum absolute atomic E-state index is 0.0154. The smallest absolute Gasteiger partial charge is 0.270 e. The minimum atomic E-state index is -0.448. The van der Waals surface area contributed by atoms with Crippen molar-refractivity contribution >= 4 is 39.1 Å². The van der Waals surface area contributed by atoms with Gasteiger partial charge in [0.2, 0.25) is 5.91 Å². The molecule has 1 aliphatic rings. The van der Waals surface area contributed by atoms with Crippen LogP contribution in [0.15, 0.2) is 46.9 Å². The first-order chi connectivity index (χ1) is 12.9. The Hall–Kier alpha value is -2.94. The fraction of sp³-hybridized carbons (Fsp3) is 0.222. The molecular formula is C18H17BrN4O4. The van der Waals surface area contributed by atoms with Crippen LogP contribution in [0.3, 0.4) is 0 Å². The van der Waals surface area contributed by atoms with Crippen LogP contribution in [0.25, 0.3) is 0 Å². The van der Waals surface area contributed by atoms with Crippen molar-refractivity contribution in [1.29, 1.82) is 0 Å². The number of carbonyl (C=O) groups is 2. The standard InChI is InChI=1S/C18H17BrN4O4/c19-15-9-14(23(26)27)5-6-16(15)21-10-12-1-3-13(4-2-12)18(25)22-8-7-20-17(24)11-22/h1-6,9,21H,7-8,10-11H2,(H,20,24). The first-order valence-electron chi connectivity index (χ1n) is 8.27. The molecule has 8 nitrogen and oxygen atoms in total. The number of anilines is 1. The number of halogens is 1. The minimum Gasteiger partial charge on any atom is -0.380 e. The maximum absolute atomic E-state index is 12.4. The number of nitro benzene ring substituents is 1. The van der Waals surface area contributed by atoms with Crippen LogP contribution in [0.5, 0.6) is 0 Å². The van der Waals surface area contributed by atoms with Crippen LogP contribution < -0.4 is 10.6 Å². The maximum Gasteiger partial charge on any atom is 0.270 e. The number of amides is 2. The van der Waals surface area contributed by atoms with Crippen LogP contribution in [-0.2, 0) is 11.3 Å². The van der Waals surface area contributed by atoms with Crippen molar-refractivity contribution in [2.75, 3.05) is 25.0 Å². The lowest BCUT2D eigenvalue weighted by molar-refractivity contribution is -0.384. The highest BCUT2D eigenvalue weighted by Gasteiger charge is 2.22. The molecule has 1 saturated heterocycles. The van der Waals surface area contributed by atoms with E-state index in [2.05, 4.69) is 26.6 Å². The highest BCUT2D eigenvalue weighted by molar-refractivity contribution is 9.10. The molecule has 0 spiro atoms.